The summed E-state index contributed by atoms with van der Waals surface area (Å²) in [6.07, 6.45) is 0. The minimum Gasteiger partial charge on any atom is -0.504 e. The van der Waals surface area contributed by atoms with Gasteiger partial charge in [-0.2, -0.15) is 0 Å². The highest BCUT2D eigenvalue weighted by Crippen LogP contribution is 2.37. The Kier molecular flexibility index (Phi) is 2.90. The Morgan fingerprint density at radius 3 is 2.74 bits per heavy atom. The van der Waals surface area contributed by atoms with Crippen molar-refractivity contribution >= 4 is 11.0 Å². The fourth-order valence-electron chi connectivity index (χ4n) is 2.53. The Balaban J connectivity index is 1.90. The Hall–Kier alpha value is -3.15. The maximum absolute atomic E-state index is 12.3. The number of aromatic hydroxyl groups is 1. The lowest BCUT2D eigenvalue weighted by molar-refractivity contribution is 0.174. The number of hydrogen-bond acceptors (Lipinski definition) is 6. The van der Waals surface area contributed by atoms with Gasteiger partial charge in [0.2, 0.25) is 6.79 Å². The van der Waals surface area contributed by atoms with Crippen LogP contribution in [0.3, 0.4) is 0 Å². The number of hydrogen-bond donors (Lipinski definition) is 1. The first-order valence-electron chi connectivity index (χ1n) is 6.90. The van der Waals surface area contributed by atoms with Crippen LogP contribution in [0.2, 0.25) is 0 Å². The molecule has 0 atom stereocenters. The molecule has 116 valence electrons. The van der Waals surface area contributed by atoms with E-state index in [1.165, 1.54) is 25.3 Å². The minimum atomic E-state index is -0.225. The third-order valence-corrected chi connectivity index (χ3v) is 3.69. The van der Waals surface area contributed by atoms with Crippen molar-refractivity contribution in [2.45, 2.75) is 0 Å². The van der Waals surface area contributed by atoms with Gasteiger partial charge in [-0.25, -0.2) is 0 Å². The van der Waals surface area contributed by atoms with E-state index in [0.717, 1.165) is 0 Å². The number of methoxy groups -OCH3 is 1. The number of phenolic OH excluding ortho intramolecular Hbond substituents is 1. The van der Waals surface area contributed by atoms with Gasteiger partial charge < -0.3 is 23.7 Å². The van der Waals surface area contributed by atoms with Crippen molar-refractivity contribution in [1.29, 1.82) is 0 Å². The quantitative estimate of drug-likeness (QED) is 0.784. The molecule has 2 aromatic carbocycles. The van der Waals surface area contributed by atoms with Crippen molar-refractivity contribution in [1.82, 2.24) is 0 Å². The second-order valence-corrected chi connectivity index (χ2v) is 5.06. The summed E-state index contributed by atoms with van der Waals surface area (Å²) in [5.41, 5.74) is 0.740. The summed E-state index contributed by atoms with van der Waals surface area (Å²) in [4.78, 5) is 12.3. The first-order chi connectivity index (χ1) is 11.2. The lowest BCUT2D eigenvalue weighted by Gasteiger charge is -2.07. The molecule has 0 spiro atoms. The molecular weight excluding hydrogens is 300 g/mol. The van der Waals surface area contributed by atoms with Gasteiger partial charge in [-0.05, 0) is 24.3 Å². The van der Waals surface area contributed by atoms with E-state index in [9.17, 15) is 9.90 Å². The van der Waals surface area contributed by atoms with Crippen molar-refractivity contribution in [3.8, 4) is 34.3 Å². The highest BCUT2D eigenvalue weighted by molar-refractivity contribution is 5.82. The zero-order valence-corrected chi connectivity index (χ0v) is 12.2. The Bertz CT molecular complexity index is 973. The molecule has 1 N–H and O–H groups in total. The molecule has 23 heavy (non-hydrogen) atoms. The molecule has 0 aliphatic carbocycles. The molecule has 0 fully saturated rings. The van der Waals surface area contributed by atoms with Crippen LogP contribution in [0.5, 0.6) is 23.0 Å². The normalized spacial score (nSPS) is 12.6. The van der Waals surface area contributed by atoms with Crippen molar-refractivity contribution in [3.05, 3.63) is 46.6 Å². The average molecular weight is 312 g/mol. The van der Waals surface area contributed by atoms with Gasteiger partial charge in [0.15, 0.2) is 28.4 Å². The highest BCUT2D eigenvalue weighted by Gasteiger charge is 2.16. The molecule has 0 saturated heterocycles. The molecule has 0 radical (unpaired) electrons. The Morgan fingerprint density at radius 2 is 1.91 bits per heavy atom. The molecule has 0 saturated carbocycles. The van der Waals surface area contributed by atoms with Gasteiger partial charge in [0, 0.05) is 17.7 Å². The van der Waals surface area contributed by atoms with E-state index in [0.29, 0.717) is 28.2 Å². The molecule has 3 aromatic rings. The van der Waals surface area contributed by atoms with Crippen LogP contribution >= 0.6 is 0 Å². The number of ether oxygens (including phenoxy) is 3. The van der Waals surface area contributed by atoms with Crippen molar-refractivity contribution in [3.63, 3.8) is 0 Å². The standard InChI is InChI=1S/C17H12O6/c1-20-16-5-10-11(18)6-14(23-15(10)7-12(16)19)9-2-3-13-17(4-9)22-8-21-13/h2-7,19H,8H2,1H3. The van der Waals surface area contributed by atoms with Crippen molar-refractivity contribution in [2.24, 2.45) is 0 Å². The zero-order chi connectivity index (χ0) is 16.0. The van der Waals surface area contributed by atoms with E-state index in [-0.39, 0.29) is 29.3 Å². The van der Waals surface area contributed by atoms with Gasteiger partial charge in [-0.1, -0.05) is 0 Å². The SMILES string of the molecule is COc1cc2c(=O)cc(-c3ccc4c(c3)OCO4)oc2cc1O. The number of phenols is 1. The maximum atomic E-state index is 12.3. The molecule has 1 aromatic heterocycles. The third kappa shape index (κ3) is 2.15. The number of benzene rings is 2. The molecular formula is C17H12O6. The summed E-state index contributed by atoms with van der Waals surface area (Å²) < 4.78 is 21.4. The Labute approximate surface area is 130 Å². The molecule has 0 amide bonds. The van der Waals surface area contributed by atoms with Crippen molar-refractivity contribution in [2.75, 3.05) is 13.9 Å². The summed E-state index contributed by atoms with van der Waals surface area (Å²) in [5.74, 6) is 1.76. The monoisotopic (exact) mass is 312 g/mol. The van der Waals surface area contributed by atoms with Gasteiger partial charge in [0.25, 0.3) is 0 Å². The highest BCUT2D eigenvalue weighted by atomic mass is 16.7. The summed E-state index contributed by atoms with van der Waals surface area (Å²) in [6, 6.07) is 9.51. The van der Waals surface area contributed by atoms with Crippen LogP contribution in [-0.2, 0) is 0 Å². The largest absolute Gasteiger partial charge is 0.504 e. The summed E-state index contributed by atoms with van der Waals surface area (Å²) in [6.45, 7) is 0.175. The average Bonchev–Trinajstić information content (AvgIpc) is 3.01. The maximum Gasteiger partial charge on any atom is 0.231 e. The van der Waals surface area contributed by atoms with Crippen LogP contribution in [0.25, 0.3) is 22.3 Å². The van der Waals surface area contributed by atoms with E-state index in [1.807, 2.05) is 0 Å². The van der Waals surface area contributed by atoms with Crippen LogP contribution in [0.15, 0.2) is 45.6 Å². The molecule has 4 rings (SSSR count). The van der Waals surface area contributed by atoms with E-state index in [2.05, 4.69) is 0 Å². The lowest BCUT2D eigenvalue weighted by Crippen LogP contribution is -2.01. The fraction of sp³-hybridized carbons (Fsp3) is 0.118. The first kappa shape index (κ1) is 13.5. The van der Waals surface area contributed by atoms with Gasteiger partial charge in [-0.15, -0.1) is 0 Å². The molecule has 2 heterocycles. The summed E-state index contributed by atoms with van der Waals surface area (Å²) >= 11 is 0. The smallest absolute Gasteiger partial charge is 0.231 e. The molecule has 6 nitrogen and oxygen atoms in total. The minimum absolute atomic E-state index is 0.0917. The van der Waals surface area contributed by atoms with Crippen LogP contribution in [0.4, 0.5) is 0 Å². The lowest BCUT2D eigenvalue weighted by atomic mass is 10.1. The number of rotatable bonds is 2. The molecule has 1 aliphatic rings. The van der Waals surface area contributed by atoms with Crippen LogP contribution in [0.1, 0.15) is 0 Å². The van der Waals surface area contributed by atoms with E-state index in [4.69, 9.17) is 18.6 Å². The summed E-state index contributed by atoms with van der Waals surface area (Å²) in [5, 5.41) is 10.2. The second kappa shape index (κ2) is 4.95. The van der Waals surface area contributed by atoms with E-state index < -0.39 is 0 Å². The van der Waals surface area contributed by atoms with Crippen LogP contribution < -0.4 is 19.6 Å². The second-order valence-electron chi connectivity index (χ2n) is 5.06. The molecule has 0 bridgehead atoms. The number of fused-ring (bicyclic) bond motifs is 2. The van der Waals surface area contributed by atoms with E-state index in [1.54, 1.807) is 18.2 Å². The third-order valence-electron chi connectivity index (χ3n) is 3.69. The summed E-state index contributed by atoms with van der Waals surface area (Å²) in [7, 11) is 1.42. The van der Waals surface area contributed by atoms with Gasteiger partial charge in [0.1, 0.15) is 11.3 Å². The van der Waals surface area contributed by atoms with Crippen LogP contribution in [0, 0.1) is 0 Å². The van der Waals surface area contributed by atoms with E-state index >= 15 is 0 Å². The van der Waals surface area contributed by atoms with Crippen molar-refractivity contribution < 1.29 is 23.7 Å². The predicted octanol–water partition coefficient (Wildman–Crippen LogP) is 2.90. The van der Waals surface area contributed by atoms with Gasteiger partial charge in [0.05, 0.1) is 12.5 Å². The molecule has 1 aliphatic heterocycles. The molecule has 6 heteroatoms. The fourth-order valence-corrected chi connectivity index (χ4v) is 2.53. The Morgan fingerprint density at radius 1 is 1.09 bits per heavy atom. The van der Waals surface area contributed by atoms with Gasteiger partial charge in [-0.3, -0.25) is 4.79 Å². The van der Waals surface area contributed by atoms with Crippen LogP contribution in [-0.4, -0.2) is 19.0 Å². The first-order valence-corrected chi connectivity index (χ1v) is 6.90. The predicted molar refractivity (Wildman–Crippen MR) is 82.3 cm³/mol. The van der Waals surface area contributed by atoms with Gasteiger partial charge >= 0.3 is 0 Å². The topological polar surface area (TPSA) is 78.1 Å². The zero-order valence-electron chi connectivity index (χ0n) is 12.2. The molecule has 0 unspecified atom stereocenters.